The van der Waals surface area contributed by atoms with E-state index in [0.29, 0.717) is 41.8 Å². The maximum absolute atomic E-state index is 12.4. The molecule has 2 aromatic heterocycles. The molecule has 0 amide bonds. The molecule has 0 aliphatic carbocycles. The fourth-order valence-electron chi connectivity index (χ4n) is 5.22. The molecule has 0 unspecified atom stereocenters. The van der Waals surface area contributed by atoms with Crippen LogP contribution in [0.15, 0.2) is 108 Å². The van der Waals surface area contributed by atoms with Crippen molar-refractivity contribution in [2.75, 3.05) is 53.8 Å². The molecule has 0 aliphatic heterocycles. The van der Waals surface area contributed by atoms with Gasteiger partial charge < -0.3 is 41.0 Å². The maximum Gasteiger partial charge on any atom is 1.00 e. The summed E-state index contributed by atoms with van der Waals surface area (Å²) < 4.78 is 62.6. The van der Waals surface area contributed by atoms with Crippen molar-refractivity contribution in [1.82, 2.24) is 29.9 Å². The number of rotatable bonds is 19. The number of benzene rings is 4. The minimum Gasteiger partial charge on any atom is -0.744 e. The van der Waals surface area contributed by atoms with Crippen LogP contribution in [0.1, 0.15) is 28.9 Å². The van der Waals surface area contributed by atoms with Crippen LogP contribution in [0.2, 0.25) is 0 Å². The first-order chi connectivity index (χ1) is 30.4. The van der Waals surface area contributed by atoms with Crippen molar-refractivity contribution in [2.45, 2.75) is 17.7 Å². The van der Waals surface area contributed by atoms with Gasteiger partial charge in [-0.3, -0.25) is 5.26 Å². The summed E-state index contributed by atoms with van der Waals surface area (Å²) in [5, 5.41) is 42.4. The molecular formula is C40H41N11Na2O10S2. The zero-order chi connectivity index (χ0) is 45.5. The van der Waals surface area contributed by atoms with Crippen LogP contribution >= 0.6 is 0 Å². The Hall–Kier alpha value is -5.12. The number of hydrogen-bond acceptors (Lipinski definition) is 21. The van der Waals surface area contributed by atoms with Crippen molar-refractivity contribution in [3.63, 3.8) is 0 Å². The Labute approximate surface area is 420 Å². The Bertz CT molecular complexity index is 2620. The smallest absolute Gasteiger partial charge is 0.744 e. The number of aliphatic hydroxyl groups excluding tert-OH is 2. The SMILES string of the molecule is N=CCCOO.O=S(=O)([O-])c1cc(Nc2nc(Cc3ccccc3)nc(N(CCO)CCO)n2)ccc1/C=C/c1[c-]cc(Nc2ncnc(Nc3ccccc3)n2)cc1.O=S(=O)=O.[Na+].[Na+]. The van der Waals surface area contributed by atoms with E-state index in [-0.39, 0.29) is 115 Å². The molecule has 0 bridgehead atoms. The molecule has 25 heteroatoms. The second-order valence-electron chi connectivity index (χ2n) is 12.4. The van der Waals surface area contributed by atoms with Gasteiger partial charge in [-0.2, -0.15) is 25.5 Å². The van der Waals surface area contributed by atoms with Gasteiger partial charge in [0.15, 0.2) is 0 Å². The minimum atomic E-state index is -4.91. The molecule has 0 aliphatic rings. The largest absolute Gasteiger partial charge is 1.00 e. The summed E-state index contributed by atoms with van der Waals surface area (Å²) in [6.45, 7) is 0.158. The summed E-state index contributed by atoms with van der Waals surface area (Å²) in [5.74, 6) is 1.39. The number of anilines is 7. The van der Waals surface area contributed by atoms with Crippen LogP contribution in [0.3, 0.4) is 0 Å². The van der Waals surface area contributed by atoms with E-state index in [1.54, 1.807) is 35.2 Å². The Balaban J connectivity index is 0.00000109. The summed E-state index contributed by atoms with van der Waals surface area (Å²) in [6, 6.07) is 31.7. The number of hydrogen-bond donors (Lipinski definition) is 7. The molecule has 4 aromatic carbocycles. The van der Waals surface area contributed by atoms with E-state index in [1.807, 2.05) is 60.7 Å². The van der Waals surface area contributed by atoms with E-state index in [2.05, 4.69) is 56.8 Å². The van der Waals surface area contributed by atoms with E-state index < -0.39 is 25.6 Å². The molecular weight excluding hydrogens is 905 g/mol. The van der Waals surface area contributed by atoms with Gasteiger partial charge in [-0.1, -0.05) is 60.7 Å². The molecule has 0 fully saturated rings. The van der Waals surface area contributed by atoms with Crippen molar-refractivity contribution in [1.29, 1.82) is 5.41 Å². The fourth-order valence-corrected chi connectivity index (χ4v) is 5.91. The molecule has 2 heterocycles. The van der Waals surface area contributed by atoms with Gasteiger partial charge in [-0.15, -0.1) is 43.0 Å². The molecule has 21 nitrogen and oxygen atoms in total. The number of nitrogens with one attached hydrogen (secondary N) is 4. The van der Waals surface area contributed by atoms with E-state index >= 15 is 0 Å². The van der Waals surface area contributed by atoms with Crippen LogP contribution in [-0.4, -0.2) is 110 Å². The van der Waals surface area contributed by atoms with Gasteiger partial charge in [0.1, 0.15) is 22.3 Å². The summed E-state index contributed by atoms with van der Waals surface area (Å²) in [4.78, 5) is 31.0. The standard InChI is InChI=1S/C37H35N10O5S.C3H7NO2.2Na.O3S/c48-21-19-47(20-22-49)37-44-33(23-27-7-3-1-4-8-27)43-36(46-37)42-31-18-15-28(32(24-31)53(50,51)52)14-11-26-12-16-30(17-13-26)41-35-39-25-38-34(45-35)40-29-9-5-2-6-10-29;4-2-1-3-6-5;;;1-4(2)3/h1-12,14-18,24-25,48-49H,19-23H2,(H,50,51,52)(H,42,43,44,46)(H2,38,39,40,41,45);2,4-5H,1,3H2;;;/q-1;;2*+1;/p-1/b14-11+;;;;. The molecule has 65 heavy (non-hydrogen) atoms. The Morgan fingerprint density at radius 3 is 1.92 bits per heavy atom. The zero-order valence-electron chi connectivity index (χ0n) is 35.1. The molecule has 6 rings (SSSR count). The van der Waals surface area contributed by atoms with Crippen molar-refractivity contribution >= 4 is 79.9 Å². The summed E-state index contributed by atoms with van der Waals surface area (Å²) in [6.07, 6.45) is 6.56. The number of nitrogens with zero attached hydrogens (tertiary/aromatic N) is 7. The van der Waals surface area contributed by atoms with Crippen LogP contribution in [0.5, 0.6) is 0 Å². The average molecular weight is 946 g/mol. The first-order valence-corrected chi connectivity index (χ1v) is 20.9. The predicted molar refractivity (Wildman–Crippen MR) is 232 cm³/mol. The van der Waals surface area contributed by atoms with Gasteiger partial charge in [0.25, 0.3) is 0 Å². The molecule has 0 atom stereocenters. The number of aromatic nitrogens is 6. The first-order valence-electron chi connectivity index (χ1n) is 18.5. The molecule has 6 aromatic rings. The summed E-state index contributed by atoms with van der Waals surface area (Å²) >= 11 is 0. The van der Waals surface area contributed by atoms with Crippen LogP contribution in [-0.2, 0) is 32.0 Å². The Morgan fingerprint density at radius 1 is 0.769 bits per heavy atom. The van der Waals surface area contributed by atoms with Gasteiger partial charge >= 0.3 is 69.7 Å². The molecule has 0 radical (unpaired) electrons. The second-order valence-corrected chi connectivity index (χ2v) is 14.2. The van der Waals surface area contributed by atoms with Crippen LogP contribution < -0.4 is 80.0 Å². The van der Waals surface area contributed by atoms with Crippen molar-refractivity contribution < 1.29 is 105 Å². The summed E-state index contributed by atoms with van der Waals surface area (Å²) in [5.41, 5.74) is 3.47. The summed E-state index contributed by atoms with van der Waals surface area (Å²) in [7, 11) is -8.02. The predicted octanol–water partition coefficient (Wildman–Crippen LogP) is -1.94. The number of para-hydroxylation sites is 1. The average Bonchev–Trinajstić information content (AvgIpc) is 3.26. The topological polar surface area (TPSA) is 319 Å². The third kappa shape index (κ3) is 20.7. The van der Waals surface area contributed by atoms with Crippen molar-refractivity contribution in [2.24, 2.45) is 0 Å². The zero-order valence-corrected chi connectivity index (χ0v) is 40.8. The van der Waals surface area contributed by atoms with Crippen LogP contribution in [0, 0.1) is 11.5 Å². The maximum atomic E-state index is 12.4. The molecule has 7 N–H and O–H groups in total. The molecule has 0 saturated carbocycles. The monoisotopic (exact) mass is 945 g/mol. The van der Waals surface area contributed by atoms with Gasteiger partial charge in [0.05, 0.1) is 24.7 Å². The Morgan fingerprint density at radius 2 is 1.37 bits per heavy atom. The van der Waals surface area contributed by atoms with Crippen molar-refractivity contribution in [3.05, 3.63) is 132 Å². The van der Waals surface area contributed by atoms with E-state index in [0.717, 1.165) is 11.3 Å². The van der Waals surface area contributed by atoms with E-state index in [4.69, 9.17) is 23.3 Å². The molecule has 0 saturated heterocycles. The number of aliphatic hydroxyl groups is 2. The van der Waals surface area contributed by atoms with Gasteiger partial charge in [-0.05, 0) is 47.3 Å². The second kappa shape index (κ2) is 30.2. The minimum absolute atomic E-state index is 0. The van der Waals surface area contributed by atoms with Crippen molar-refractivity contribution in [3.8, 4) is 0 Å². The Kier molecular flexibility index (Phi) is 26.0. The van der Waals surface area contributed by atoms with Gasteiger partial charge in [0, 0.05) is 37.3 Å². The molecule has 330 valence electrons. The van der Waals surface area contributed by atoms with Gasteiger partial charge in [0.2, 0.25) is 23.8 Å². The van der Waals surface area contributed by atoms with E-state index in [1.165, 1.54) is 30.8 Å². The van der Waals surface area contributed by atoms with Gasteiger partial charge in [-0.25, -0.2) is 23.3 Å². The first kappa shape index (κ1) is 56.0. The van der Waals surface area contributed by atoms with Crippen LogP contribution in [0.25, 0.3) is 12.2 Å². The molecule has 0 spiro atoms. The quantitative estimate of drug-likeness (QED) is 0.00679. The normalized spacial score (nSPS) is 10.4. The fraction of sp³-hybridized carbons (Fsp3) is 0.175. The third-order valence-corrected chi connectivity index (χ3v) is 8.82. The van der Waals surface area contributed by atoms with Crippen LogP contribution in [0.4, 0.5) is 40.9 Å². The van der Waals surface area contributed by atoms with E-state index in [9.17, 15) is 23.2 Å². The third-order valence-electron chi connectivity index (χ3n) is 7.93.